The van der Waals surface area contributed by atoms with Crippen molar-refractivity contribution in [1.82, 2.24) is 9.97 Å². The monoisotopic (exact) mass is 274 g/mol. The third kappa shape index (κ3) is 2.07. The zero-order valence-corrected chi connectivity index (χ0v) is 9.53. The zero-order valence-electron chi connectivity index (χ0n) is 6.37. The van der Waals surface area contributed by atoms with Gasteiger partial charge in [0.25, 0.3) is 0 Å². The molecule has 2 heterocycles. The van der Waals surface area contributed by atoms with Gasteiger partial charge in [0.1, 0.15) is 10.9 Å². The Bertz CT molecular complexity index is 430. The van der Waals surface area contributed by atoms with Gasteiger partial charge in [-0.15, -0.1) is 11.3 Å². The predicted molar refractivity (Wildman–Crippen MR) is 58.1 cm³/mol. The molecule has 0 radical (unpaired) electrons. The molecule has 0 aliphatic carbocycles. The highest BCUT2D eigenvalue weighted by Crippen LogP contribution is 2.30. The Balaban J connectivity index is 2.46. The molecule has 5 heteroatoms. The number of aromatic nitrogens is 2. The maximum atomic E-state index is 5.81. The molecule has 0 saturated heterocycles. The van der Waals surface area contributed by atoms with Crippen LogP contribution in [0.15, 0.2) is 29.1 Å². The van der Waals surface area contributed by atoms with Gasteiger partial charge < -0.3 is 0 Å². The number of hydrogen-bond donors (Lipinski definition) is 0. The molecule has 0 unspecified atom stereocenters. The average molecular weight is 276 g/mol. The van der Waals surface area contributed by atoms with E-state index in [1.54, 1.807) is 0 Å². The maximum Gasteiger partial charge on any atom is 0.117 e. The number of thiophene rings is 1. The van der Waals surface area contributed by atoms with Gasteiger partial charge in [-0.05, 0) is 34.1 Å². The van der Waals surface area contributed by atoms with Crippen molar-refractivity contribution in [2.24, 2.45) is 0 Å². The molecule has 0 atom stereocenters. The number of halogens is 2. The van der Waals surface area contributed by atoms with E-state index in [1.165, 1.54) is 17.7 Å². The molecule has 2 aromatic heterocycles. The van der Waals surface area contributed by atoms with Crippen molar-refractivity contribution in [3.8, 4) is 10.6 Å². The summed E-state index contributed by atoms with van der Waals surface area (Å²) in [7, 11) is 0. The highest BCUT2D eigenvalue weighted by molar-refractivity contribution is 9.10. The average Bonchev–Trinajstić information content (AvgIpc) is 2.52. The van der Waals surface area contributed by atoms with Gasteiger partial charge in [0.2, 0.25) is 0 Å². The van der Waals surface area contributed by atoms with Crippen LogP contribution in [0.1, 0.15) is 0 Å². The predicted octanol–water partition coefficient (Wildman–Crippen LogP) is 3.62. The fourth-order valence-electron chi connectivity index (χ4n) is 0.920. The van der Waals surface area contributed by atoms with Crippen LogP contribution >= 0.6 is 38.9 Å². The molecule has 2 aromatic rings. The molecule has 0 saturated carbocycles. The molecule has 0 aliphatic heterocycles. The molecule has 0 fully saturated rings. The second-order valence-corrected chi connectivity index (χ2v) is 4.86. The van der Waals surface area contributed by atoms with E-state index in [-0.39, 0.29) is 0 Å². The molecular formula is C8H4BrClN2S. The van der Waals surface area contributed by atoms with E-state index in [4.69, 9.17) is 11.6 Å². The topological polar surface area (TPSA) is 25.8 Å². The lowest BCUT2D eigenvalue weighted by molar-refractivity contribution is 1.15. The first-order valence-corrected chi connectivity index (χ1v) is 5.48. The van der Waals surface area contributed by atoms with Crippen LogP contribution in [0.25, 0.3) is 10.6 Å². The van der Waals surface area contributed by atoms with E-state index in [9.17, 15) is 0 Å². The normalized spacial score (nSPS) is 10.3. The van der Waals surface area contributed by atoms with Crippen molar-refractivity contribution in [2.75, 3.05) is 0 Å². The highest BCUT2D eigenvalue weighted by atomic mass is 79.9. The van der Waals surface area contributed by atoms with Gasteiger partial charge >= 0.3 is 0 Å². The van der Waals surface area contributed by atoms with Crippen molar-refractivity contribution in [2.45, 2.75) is 0 Å². The smallest absolute Gasteiger partial charge is 0.117 e. The SMILES string of the molecule is Clc1ccc(-c2cc(Br)ncn2)s1. The van der Waals surface area contributed by atoms with Crippen LogP contribution < -0.4 is 0 Å². The largest absolute Gasteiger partial charge is 0.235 e. The van der Waals surface area contributed by atoms with E-state index in [0.717, 1.165) is 19.5 Å². The number of nitrogens with zero attached hydrogens (tertiary/aromatic N) is 2. The highest BCUT2D eigenvalue weighted by Gasteiger charge is 2.03. The van der Waals surface area contributed by atoms with Gasteiger partial charge in [-0.3, -0.25) is 0 Å². The minimum atomic E-state index is 0.768. The van der Waals surface area contributed by atoms with Crippen LogP contribution in [-0.2, 0) is 0 Å². The second-order valence-electron chi connectivity index (χ2n) is 2.33. The molecular weight excluding hydrogens is 272 g/mol. The zero-order chi connectivity index (χ0) is 9.26. The molecule has 0 aromatic carbocycles. The Morgan fingerprint density at radius 2 is 2.15 bits per heavy atom. The van der Waals surface area contributed by atoms with Gasteiger partial charge in [-0.25, -0.2) is 9.97 Å². The summed E-state index contributed by atoms with van der Waals surface area (Å²) < 4.78 is 1.55. The molecule has 13 heavy (non-hydrogen) atoms. The molecule has 0 amide bonds. The lowest BCUT2D eigenvalue weighted by atomic mass is 10.3. The molecule has 66 valence electrons. The van der Waals surface area contributed by atoms with E-state index in [0.29, 0.717) is 0 Å². The summed E-state index contributed by atoms with van der Waals surface area (Å²) in [5.74, 6) is 0. The van der Waals surface area contributed by atoms with Crippen LogP contribution in [0, 0.1) is 0 Å². The third-order valence-electron chi connectivity index (χ3n) is 1.46. The lowest BCUT2D eigenvalue weighted by Gasteiger charge is -1.94. The molecule has 0 bridgehead atoms. The van der Waals surface area contributed by atoms with E-state index < -0.39 is 0 Å². The summed E-state index contributed by atoms with van der Waals surface area (Å²) in [4.78, 5) is 9.13. The van der Waals surface area contributed by atoms with Crippen LogP contribution in [-0.4, -0.2) is 9.97 Å². The number of rotatable bonds is 1. The first-order valence-electron chi connectivity index (χ1n) is 3.49. The van der Waals surface area contributed by atoms with Gasteiger partial charge in [-0.1, -0.05) is 11.6 Å². The van der Waals surface area contributed by atoms with Crippen LogP contribution in [0.5, 0.6) is 0 Å². The van der Waals surface area contributed by atoms with Gasteiger partial charge in [0, 0.05) is 0 Å². The first kappa shape index (κ1) is 9.12. The fraction of sp³-hybridized carbons (Fsp3) is 0. The Kier molecular flexibility index (Phi) is 2.62. The van der Waals surface area contributed by atoms with Crippen molar-refractivity contribution < 1.29 is 0 Å². The maximum absolute atomic E-state index is 5.81. The van der Waals surface area contributed by atoms with Crippen molar-refractivity contribution in [1.29, 1.82) is 0 Å². The fourth-order valence-corrected chi connectivity index (χ4v) is 2.24. The van der Waals surface area contributed by atoms with Crippen LogP contribution in [0.3, 0.4) is 0 Å². The Hall–Kier alpha value is -0.450. The van der Waals surface area contributed by atoms with Gasteiger partial charge in [0.15, 0.2) is 0 Å². The molecule has 0 aliphatic rings. The molecule has 0 N–H and O–H groups in total. The summed E-state index contributed by atoms with van der Waals surface area (Å²) in [6.45, 7) is 0. The van der Waals surface area contributed by atoms with Crippen molar-refractivity contribution >= 4 is 38.9 Å². The minimum Gasteiger partial charge on any atom is -0.235 e. The molecule has 2 rings (SSSR count). The third-order valence-corrected chi connectivity index (χ3v) is 3.15. The Labute approximate surface area is 92.7 Å². The Morgan fingerprint density at radius 1 is 1.31 bits per heavy atom. The lowest BCUT2D eigenvalue weighted by Crippen LogP contribution is -1.82. The van der Waals surface area contributed by atoms with Crippen molar-refractivity contribution in [3.63, 3.8) is 0 Å². The Morgan fingerprint density at radius 3 is 2.77 bits per heavy atom. The van der Waals surface area contributed by atoms with Gasteiger partial charge in [-0.2, -0.15) is 0 Å². The minimum absolute atomic E-state index is 0.768. The van der Waals surface area contributed by atoms with E-state index in [1.807, 2.05) is 18.2 Å². The van der Waals surface area contributed by atoms with Crippen molar-refractivity contribution in [3.05, 3.63) is 33.5 Å². The summed E-state index contributed by atoms with van der Waals surface area (Å²) in [5, 5.41) is 0. The standard InChI is InChI=1S/C8H4BrClN2S/c9-7-3-5(11-4-12-7)6-1-2-8(10)13-6/h1-4H. The van der Waals surface area contributed by atoms with Crippen LogP contribution in [0.2, 0.25) is 4.34 Å². The summed E-state index contributed by atoms with van der Waals surface area (Å²) in [5.41, 5.74) is 0.888. The van der Waals surface area contributed by atoms with E-state index >= 15 is 0 Å². The summed E-state index contributed by atoms with van der Waals surface area (Å²) in [6, 6.07) is 5.67. The van der Waals surface area contributed by atoms with Gasteiger partial charge in [0.05, 0.1) is 14.9 Å². The summed E-state index contributed by atoms with van der Waals surface area (Å²) >= 11 is 10.6. The quantitative estimate of drug-likeness (QED) is 0.743. The second kappa shape index (κ2) is 3.74. The number of hydrogen-bond acceptors (Lipinski definition) is 3. The molecule has 2 nitrogen and oxygen atoms in total. The summed E-state index contributed by atoms with van der Waals surface area (Å²) in [6.07, 6.45) is 1.52. The molecule has 0 spiro atoms. The first-order chi connectivity index (χ1) is 6.25. The van der Waals surface area contributed by atoms with Crippen LogP contribution in [0.4, 0.5) is 0 Å². The van der Waals surface area contributed by atoms with E-state index in [2.05, 4.69) is 25.9 Å².